The van der Waals surface area contributed by atoms with Crippen molar-refractivity contribution in [2.45, 2.75) is 19.9 Å². The second kappa shape index (κ2) is 6.58. The molecule has 104 valence electrons. The molecule has 0 atom stereocenters. The maximum absolute atomic E-state index is 11.0. The molecule has 0 bridgehead atoms. The van der Waals surface area contributed by atoms with Crippen molar-refractivity contribution in [2.24, 2.45) is 0 Å². The minimum absolute atomic E-state index is 0.000729. The molecule has 3 N–H and O–H groups in total. The van der Waals surface area contributed by atoms with Gasteiger partial charge in [-0.15, -0.1) is 0 Å². The van der Waals surface area contributed by atoms with E-state index < -0.39 is 5.97 Å². The quantitative estimate of drug-likeness (QED) is 0.743. The number of benzene rings is 1. The monoisotopic (exact) mass is 302 g/mol. The summed E-state index contributed by atoms with van der Waals surface area (Å²) in [5.74, 6) is -0.889. The lowest BCUT2D eigenvalue weighted by Gasteiger charge is -2.15. The minimum Gasteiger partial charge on any atom is -0.496 e. The number of aromatic carboxylic acids is 1. The van der Waals surface area contributed by atoms with Crippen LogP contribution in [-0.4, -0.2) is 29.3 Å². The minimum atomic E-state index is -1.10. The summed E-state index contributed by atoms with van der Waals surface area (Å²) in [6.07, 6.45) is 0. The molecule has 0 fully saturated rings. The Bertz CT molecular complexity index is 506. The number of hydrogen-bond acceptors (Lipinski definition) is 3. The average molecular weight is 303 g/mol. The van der Waals surface area contributed by atoms with Crippen LogP contribution >= 0.6 is 23.8 Å². The van der Waals surface area contributed by atoms with Gasteiger partial charge in [0.25, 0.3) is 0 Å². The van der Waals surface area contributed by atoms with Crippen LogP contribution in [0.4, 0.5) is 5.69 Å². The van der Waals surface area contributed by atoms with Crippen LogP contribution in [0.5, 0.6) is 5.75 Å². The summed E-state index contributed by atoms with van der Waals surface area (Å²) in [5.41, 5.74) is 0.488. The first-order valence-corrected chi connectivity index (χ1v) is 6.32. The van der Waals surface area contributed by atoms with E-state index in [0.717, 1.165) is 0 Å². The van der Waals surface area contributed by atoms with E-state index in [9.17, 15) is 4.79 Å². The van der Waals surface area contributed by atoms with Crippen LogP contribution in [0.3, 0.4) is 0 Å². The number of carboxylic acid groups (broad SMARTS) is 1. The fourth-order valence-corrected chi connectivity index (χ4v) is 1.96. The Morgan fingerprint density at radius 2 is 2.11 bits per heavy atom. The molecule has 0 aliphatic carbocycles. The third kappa shape index (κ3) is 4.25. The summed E-state index contributed by atoms with van der Waals surface area (Å²) in [4.78, 5) is 11.0. The normalized spacial score (nSPS) is 10.2. The predicted octanol–water partition coefficient (Wildman–Crippen LogP) is 2.74. The zero-order valence-corrected chi connectivity index (χ0v) is 12.4. The van der Waals surface area contributed by atoms with Gasteiger partial charge in [-0.2, -0.15) is 0 Å². The van der Waals surface area contributed by atoms with Crippen LogP contribution < -0.4 is 15.4 Å². The molecule has 0 saturated carbocycles. The van der Waals surface area contributed by atoms with Crippen molar-refractivity contribution < 1.29 is 14.6 Å². The maximum atomic E-state index is 11.0. The summed E-state index contributed by atoms with van der Waals surface area (Å²) < 4.78 is 5.02. The van der Waals surface area contributed by atoms with Gasteiger partial charge in [0, 0.05) is 12.1 Å². The molecule has 1 aromatic carbocycles. The van der Waals surface area contributed by atoms with E-state index in [1.165, 1.54) is 19.2 Å². The van der Waals surface area contributed by atoms with Crippen molar-refractivity contribution in [3.05, 3.63) is 22.7 Å². The van der Waals surface area contributed by atoms with Crippen molar-refractivity contribution >= 4 is 40.6 Å². The van der Waals surface area contributed by atoms with Gasteiger partial charge in [0.05, 0.1) is 17.8 Å². The fraction of sp³-hybridized carbons (Fsp3) is 0.333. The lowest BCUT2D eigenvalue weighted by molar-refractivity contribution is 0.0693. The molecule has 1 aromatic rings. The molecule has 0 aliphatic heterocycles. The predicted molar refractivity (Wildman–Crippen MR) is 79.5 cm³/mol. The lowest BCUT2D eigenvalue weighted by atomic mass is 10.2. The van der Waals surface area contributed by atoms with Gasteiger partial charge in [0.15, 0.2) is 5.11 Å². The summed E-state index contributed by atoms with van der Waals surface area (Å²) in [5, 5.41) is 15.6. The van der Waals surface area contributed by atoms with Crippen molar-refractivity contribution in [1.82, 2.24) is 5.32 Å². The number of halogens is 1. The highest BCUT2D eigenvalue weighted by Crippen LogP contribution is 2.30. The summed E-state index contributed by atoms with van der Waals surface area (Å²) in [6, 6.07) is 3.00. The smallest absolute Gasteiger partial charge is 0.339 e. The number of rotatable bonds is 4. The topological polar surface area (TPSA) is 70.6 Å². The molecular formula is C12H15ClN2O3S. The highest BCUT2D eigenvalue weighted by atomic mass is 35.5. The fourth-order valence-electron chi connectivity index (χ4n) is 1.41. The first-order valence-electron chi connectivity index (χ1n) is 5.53. The molecule has 0 unspecified atom stereocenters. The molecule has 7 heteroatoms. The third-order valence-electron chi connectivity index (χ3n) is 2.19. The van der Waals surface area contributed by atoms with Crippen LogP contribution in [-0.2, 0) is 0 Å². The standard InChI is InChI=1S/C12H15ClN2O3S/c1-6(2)14-12(19)15-9-5-10(18-3)7(11(16)17)4-8(9)13/h4-6H,1-3H3,(H,16,17)(H2,14,15,19). The summed E-state index contributed by atoms with van der Waals surface area (Å²) in [6.45, 7) is 3.90. The Balaban J connectivity index is 3.03. The molecular weight excluding hydrogens is 288 g/mol. The Morgan fingerprint density at radius 3 is 2.58 bits per heavy atom. The summed E-state index contributed by atoms with van der Waals surface area (Å²) >= 11 is 11.1. The number of nitrogens with one attached hydrogen (secondary N) is 2. The zero-order chi connectivity index (χ0) is 14.6. The molecule has 0 aromatic heterocycles. The maximum Gasteiger partial charge on any atom is 0.339 e. The number of hydrogen-bond donors (Lipinski definition) is 3. The zero-order valence-electron chi connectivity index (χ0n) is 10.8. The van der Waals surface area contributed by atoms with E-state index in [2.05, 4.69) is 10.6 Å². The van der Waals surface area contributed by atoms with Crippen LogP contribution in [0, 0.1) is 0 Å². The molecule has 1 rings (SSSR count). The third-order valence-corrected chi connectivity index (χ3v) is 2.72. The van der Waals surface area contributed by atoms with Crippen LogP contribution in [0.1, 0.15) is 24.2 Å². The number of ether oxygens (including phenoxy) is 1. The van der Waals surface area contributed by atoms with Gasteiger partial charge in [-0.25, -0.2) is 4.79 Å². The Hall–Kier alpha value is -1.53. The largest absolute Gasteiger partial charge is 0.496 e. The van der Waals surface area contributed by atoms with E-state index in [-0.39, 0.29) is 22.4 Å². The van der Waals surface area contributed by atoms with Crippen molar-refractivity contribution in [2.75, 3.05) is 12.4 Å². The van der Waals surface area contributed by atoms with E-state index in [4.69, 9.17) is 33.7 Å². The average Bonchev–Trinajstić information content (AvgIpc) is 2.29. The van der Waals surface area contributed by atoms with Gasteiger partial charge in [-0.05, 0) is 32.1 Å². The van der Waals surface area contributed by atoms with Gasteiger partial charge >= 0.3 is 5.97 Å². The van der Waals surface area contributed by atoms with E-state index in [0.29, 0.717) is 10.8 Å². The highest BCUT2D eigenvalue weighted by molar-refractivity contribution is 7.80. The number of carboxylic acids is 1. The molecule has 0 aliphatic rings. The molecule has 5 nitrogen and oxygen atoms in total. The highest BCUT2D eigenvalue weighted by Gasteiger charge is 2.15. The Morgan fingerprint density at radius 1 is 1.47 bits per heavy atom. The van der Waals surface area contributed by atoms with Gasteiger partial charge in [0.2, 0.25) is 0 Å². The molecule has 19 heavy (non-hydrogen) atoms. The molecule has 0 amide bonds. The number of carbonyl (C=O) groups is 1. The van der Waals surface area contributed by atoms with E-state index >= 15 is 0 Å². The Kier molecular flexibility index (Phi) is 5.38. The second-order valence-electron chi connectivity index (χ2n) is 4.09. The van der Waals surface area contributed by atoms with Gasteiger partial charge in [-0.1, -0.05) is 11.6 Å². The van der Waals surface area contributed by atoms with Crippen molar-refractivity contribution in [3.63, 3.8) is 0 Å². The Labute approximate surface area is 121 Å². The van der Waals surface area contributed by atoms with Crippen LogP contribution in [0.15, 0.2) is 12.1 Å². The van der Waals surface area contributed by atoms with Gasteiger partial charge in [0.1, 0.15) is 11.3 Å². The van der Waals surface area contributed by atoms with Gasteiger partial charge in [-0.3, -0.25) is 0 Å². The second-order valence-corrected chi connectivity index (χ2v) is 4.91. The molecule has 0 saturated heterocycles. The SMILES string of the molecule is COc1cc(NC(=S)NC(C)C)c(Cl)cc1C(=O)O. The number of methoxy groups -OCH3 is 1. The number of thiocarbonyl (C=S) groups is 1. The number of anilines is 1. The van der Waals surface area contributed by atoms with Crippen molar-refractivity contribution in [1.29, 1.82) is 0 Å². The molecule has 0 spiro atoms. The van der Waals surface area contributed by atoms with Crippen molar-refractivity contribution in [3.8, 4) is 5.75 Å². The van der Waals surface area contributed by atoms with E-state index in [1.54, 1.807) is 0 Å². The van der Waals surface area contributed by atoms with E-state index in [1.807, 2.05) is 13.8 Å². The first-order chi connectivity index (χ1) is 8.85. The first kappa shape index (κ1) is 15.5. The van der Waals surface area contributed by atoms with Crippen LogP contribution in [0.2, 0.25) is 5.02 Å². The van der Waals surface area contributed by atoms with Gasteiger partial charge < -0.3 is 20.5 Å². The summed E-state index contributed by atoms with van der Waals surface area (Å²) in [7, 11) is 1.39. The lowest BCUT2D eigenvalue weighted by Crippen LogP contribution is -2.34. The molecule has 0 heterocycles. The van der Waals surface area contributed by atoms with Crippen LogP contribution in [0.25, 0.3) is 0 Å². The molecule has 0 radical (unpaired) electrons.